The maximum absolute atomic E-state index is 12.8. The van der Waals surface area contributed by atoms with Gasteiger partial charge in [-0.25, -0.2) is 4.98 Å². The van der Waals surface area contributed by atoms with Crippen LogP contribution in [0.1, 0.15) is 20.3 Å². The lowest BCUT2D eigenvalue weighted by atomic mass is 10.0. The van der Waals surface area contributed by atoms with Gasteiger partial charge in [0.2, 0.25) is 11.8 Å². The van der Waals surface area contributed by atoms with E-state index < -0.39 is 0 Å². The molecule has 3 heterocycles. The van der Waals surface area contributed by atoms with Crippen LogP contribution in [0.25, 0.3) is 0 Å². The van der Waals surface area contributed by atoms with E-state index in [1.807, 2.05) is 17.0 Å². The minimum atomic E-state index is -0.357. The topological polar surface area (TPSA) is 68.8 Å². The molecule has 1 aromatic heterocycles. The summed E-state index contributed by atoms with van der Waals surface area (Å²) >= 11 is 5.89. The highest BCUT2D eigenvalue weighted by molar-refractivity contribution is 6.30. The molecule has 2 aliphatic heterocycles. The van der Waals surface area contributed by atoms with E-state index >= 15 is 0 Å². The Morgan fingerprint density at radius 2 is 2.00 bits per heavy atom. The molecule has 148 valence electrons. The van der Waals surface area contributed by atoms with Crippen LogP contribution in [0.4, 0.5) is 5.82 Å². The highest BCUT2D eigenvalue weighted by atomic mass is 35.5. The van der Waals surface area contributed by atoms with Gasteiger partial charge in [-0.15, -0.1) is 0 Å². The number of hydrogen-bond donors (Lipinski definition) is 1. The molecule has 7 nitrogen and oxygen atoms in total. The van der Waals surface area contributed by atoms with E-state index in [1.165, 1.54) is 0 Å². The quantitative estimate of drug-likeness (QED) is 0.814. The second-order valence-electron chi connectivity index (χ2n) is 7.60. The van der Waals surface area contributed by atoms with E-state index in [0.717, 1.165) is 32.0 Å². The smallest absolute Gasteiger partial charge is 0.237 e. The van der Waals surface area contributed by atoms with Crippen LogP contribution < -0.4 is 10.2 Å². The van der Waals surface area contributed by atoms with Gasteiger partial charge in [0.05, 0.1) is 17.5 Å². The van der Waals surface area contributed by atoms with Crippen molar-refractivity contribution in [2.45, 2.75) is 26.3 Å². The summed E-state index contributed by atoms with van der Waals surface area (Å²) in [6.07, 6.45) is 1.89. The molecular weight excluding hydrogens is 366 g/mol. The van der Waals surface area contributed by atoms with Crippen LogP contribution in [0.15, 0.2) is 18.3 Å². The van der Waals surface area contributed by atoms with E-state index in [-0.39, 0.29) is 24.3 Å². The molecule has 0 radical (unpaired) electrons. The molecule has 0 aromatic carbocycles. The van der Waals surface area contributed by atoms with E-state index in [4.69, 9.17) is 11.6 Å². The van der Waals surface area contributed by atoms with Gasteiger partial charge in [0.1, 0.15) is 5.82 Å². The lowest BCUT2D eigenvalue weighted by Gasteiger charge is -2.39. The van der Waals surface area contributed by atoms with Gasteiger partial charge in [0, 0.05) is 52.0 Å². The molecule has 0 saturated carbocycles. The zero-order valence-corrected chi connectivity index (χ0v) is 16.8. The van der Waals surface area contributed by atoms with Gasteiger partial charge in [-0.3, -0.25) is 14.5 Å². The predicted octanol–water partition coefficient (Wildman–Crippen LogP) is 1.23. The van der Waals surface area contributed by atoms with Crippen LogP contribution in [-0.4, -0.2) is 78.5 Å². The number of piperazine rings is 2. The molecule has 2 saturated heterocycles. The summed E-state index contributed by atoms with van der Waals surface area (Å²) in [4.78, 5) is 35.6. The average Bonchev–Trinajstić information content (AvgIpc) is 2.65. The summed E-state index contributed by atoms with van der Waals surface area (Å²) in [5.41, 5.74) is 0. The van der Waals surface area contributed by atoms with Crippen molar-refractivity contribution in [2.75, 3.05) is 50.7 Å². The average molecular weight is 394 g/mol. The number of nitrogens with zero attached hydrogens (tertiary/aromatic N) is 4. The molecule has 0 aliphatic carbocycles. The minimum absolute atomic E-state index is 0.0285. The Balaban J connectivity index is 1.55. The number of carbonyl (C=O) groups is 2. The van der Waals surface area contributed by atoms with E-state index in [2.05, 4.69) is 33.9 Å². The first kappa shape index (κ1) is 19.9. The second-order valence-corrected chi connectivity index (χ2v) is 8.04. The third-order valence-electron chi connectivity index (χ3n) is 5.08. The van der Waals surface area contributed by atoms with Gasteiger partial charge in [-0.1, -0.05) is 25.4 Å². The fraction of sp³-hybridized carbons (Fsp3) is 0.632. The number of amides is 2. The maximum Gasteiger partial charge on any atom is 0.237 e. The van der Waals surface area contributed by atoms with Crippen molar-refractivity contribution in [1.82, 2.24) is 20.1 Å². The van der Waals surface area contributed by atoms with Gasteiger partial charge >= 0.3 is 0 Å². The summed E-state index contributed by atoms with van der Waals surface area (Å²) in [6, 6.07) is 3.37. The Morgan fingerprint density at radius 3 is 2.63 bits per heavy atom. The number of nitrogens with one attached hydrogen (secondary N) is 1. The molecule has 2 aliphatic rings. The van der Waals surface area contributed by atoms with Crippen molar-refractivity contribution >= 4 is 29.2 Å². The maximum atomic E-state index is 12.8. The lowest BCUT2D eigenvalue weighted by molar-refractivity contribution is -0.139. The normalized spacial score (nSPS) is 21.5. The lowest BCUT2D eigenvalue weighted by Crippen LogP contribution is -2.58. The van der Waals surface area contributed by atoms with Gasteiger partial charge in [-0.05, 0) is 18.1 Å². The summed E-state index contributed by atoms with van der Waals surface area (Å²) in [5.74, 6) is 1.36. The number of aromatic nitrogens is 1. The summed E-state index contributed by atoms with van der Waals surface area (Å²) in [6.45, 7) is 9.30. The van der Waals surface area contributed by atoms with Gasteiger partial charge in [-0.2, -0.15) is 0 Å². The molecule has 1 aromatic rings. The zero-order chi connectivity index (χ0) is 19.4. The number of halogens is 1. The summed E-state index contributed by atoms with van der Waals surface area (Å²) < 4.78 is 0. The van der Waals surface area contributed by atoms with Crippen molar-refractivity contribution in [3.8, 4) is 0 Å². The molecule has 2 fully saturated rings. The van der Waals surface area contributed by atoms with Crippen LogP contribution in [-0.2, 0) is 9.59 Å². The molecule has 0 bridgehead atoms. The van der Waals surface area contributed by atoms with Crippen molar-refractivity contribution in [2.24, 2.45) is 5.92 Å². The summed E-state index contributed by atoms with van der Waals surface area (Å²) in [7, 11) is 0. The highest BCUT2D eigenvalue weighted by Gasteiger charge is 2.33. The Kier molecular flexibility index (Phi) is 6.55. The first-order chi connectivity index (χ1) is 12.9. The monoisotopic (exact) mass is 393 g/mol. The van der Waals surface area contributed by atoms with Gasteiger partial charge in [0.25, 0.3) is 0 Å². The van der Waals surface area contributed by atoms with Crippen molar-refractivity contribution in [1.29, 1.82) is 0 Å². The Bertz CT molecular complexity index is 659. The highest BCUT2D eigenvalue weighted by Crippen LogP contribution is 2.18. The fourth-order valence-corrected chi connectivity index (χ4v) is 3.82. The largest absolute Gasteiger partial charge is 0.353 e. The fourth-order valence-electron chi connectivity index (χ4n) is 3.71. The second kappa shape index (κ2) is 8.89. The molecule has 1 atom stereocenters. The molecule has 0 spiro atoms. The Hall–Kier alpha value is -1.86. The van der Waals surface area contributed by atoms with Gasteiger partial charge < -0.3 is 15.1 Å². The number of hydrogen-bond acceptors (Lipinski definition) is 5. The van der Waals surface area contributed by atoms with E-state index in [0.29, 0.717) is 30.6 Å². The van der Waals surface area contributed by atoms with E-state index in [1.54, 1.807) is 6.20 Å². The van der Waals surface area contributed by atoms with Crippen molar-refractivity contribution in [3.63, 3.8) is 0 Å². The zero-order valence-electron chi connectivity index (χ0n) is 16.0. The SMILES string of the molecule is CC(C)CN1CCNC(=O)C1CC(=O)N1CCN(c2ccc(Cl)cn2)CC1. The van der Waals surface area contributed by atoms with Crippen molar-refractivity contribution in [3.05, 3.63) is 23.4 Å². The molecule has 1 N–H and O–H groups in total. The van der Waals surface area contributed by atoms with Crippen LogP contribution in [0.3, 0.4) is 0 Å². The summed E-state index contributed by atoms with van der Waals surface area (Å²) in [5, 5.41) is 3.51. The van der Waals surface area contributed by atoms with Crippen LogP contribution in [0, 0.1) is 5.92 Å². The molecular formula is C19H28ClN5O2. The first-order valence-corrected chi connectivity index (χ1v) is 9.98. The van der Waals surface area contributed by atoms with Crippen molar-refractivity contribution < 1.29 is 9.59 Å². The number of pyridine rings is 1. The van der Waals surface area contributed by atoms with Crippen LogP contribution in [0.5, 0.6) is 0 Å². The molecule has 8 heteroatoms. The molecule has 27 heavy (non-hydrogen) atoms. The number of anilines is 1. The third-order valence-corrected chi connectivity index (χ3v) is 5.30. The third kappa shape index (κ3) is 5.11. The minimum Gasteiger partial charge on any atom is -0.353 e. The molecule has 1 unspecified atom stereocenters. The van der Waals surface area contributed by atoms with Crippen LogP contribution >= 0.6 is 11.6 Å². The number of carbonyl (C=O) groups excluding carboxylic acids is 2. The molecule has 2 amide bonds. The molecule has 3 rings (SSSR count). The Morgan fingerprint density at radius 1 is 1.26 bits per heavy atom. The Labute approximate surface area is 165 Å². The van der Waals surface area contributed by atoms with Gasteiger partial charge in [0.15, 0.2) is 0 Å². The predicted molar refractivity (Wildman–Crippen MR) is 106 cm³/mol. The van der Waals surface area contributed by atoms with Crippen LogP contribution in [0.2, 0.25) is 5.02 Å². The van der Waals surface area contributed by atoms with E-state index in [9.17, 15) is 9.59 Å². The standard InChI is InChI=1S/C19H28ClN5O2/c1-14(2)13-25-6-5-21-19(27)16(25)11-18(26)24-9-7-23(8-10-24)17-4-3-15(20)12-22-17/h3-4,12,14,16H,5-11,13H2,1-2H3,(H,21,27). The first-order valence-electron chi connectivity index (χ1n) is 9.60. The number of rotatable bonds is 5.